The highest BCUT2D eigenvalue weighted by molar-refractivity contribution is 9.10. The van der Waals surface area contributed by atoms with Gasteiger partial charge >= 0.3 is 18.2 Å². The predicted molar refractivity (Wildman–Crippen MR) is 154 cm³/mol. The number of amides is 2. The Morgan fingerprint density at radius 3 is 2.08 bits per heavy atom. The van der Waals surface area contributed by atoms with Crippen LogP contribution < -0.4 is 4.90 Å². The Hall–Kier alpha value is -2.17. The first kappa shape index (κ1) is 31.4. The van der Waals surface area contributed by atoms with E-state index >= 15 is 0 Å². The van der Waals surface area contributed by atoms with Gasteiger partial charge in [0.25, 0.3) is 0 Å². The van der Waals surface area contributed by atoms with Crippen LogP contribution in [0.5, 0.6) is 0 Å². The summed E-state index contributed by atoms with van der Waals surface area (Å²) in [5, 5.41) is 0. The van der Waals surface area contributed by atoms with Crippen molar-refractivity contribution in [2.24, 2.45) is 0 Å². The molecule has 2 saturated heterocycles. The molecule has 218 valence electrons. The van der Waals surface area contributed by atoms with E-state index in [9.17, 15) is 14.4 Å². The number of halogens is 1. The summed E-state index contributed by atoms with van der Waals surface area (Å²) < 4.78 is 17.1. The van der Waals surface area contributed by atoms with Crippen LogP contribution in [0.3, 0.4) is 0 Å². The Kier molecular flexibility index (Phi) is 10.5. The molecule has 2 amide bonds. The fraction of sp³-hybridized carbons (Fsp3) is 0.690. The summed E-state index contributed by atoms with van der Waals surface area (Å²) in [6.07, 6.45) is 3.07. The van der Waals surface area contributed by atoms with Crippen molar-refractivity contribution < 1.29 is 28.6 Å². The summed E-state index contributed by atoms with van der Waals surface area (Å²) in [4.78, 5) is 45.6. The first-order valence-electron chi connectivity index (χ1n) is 13.9. The molecule has 2 aliphatic rings. The van der Waals surface area contributed by atoms with Gasteiger partial charge in [0.05, 0.1) is 17.9 Å². The molecule has 0 saturated carbocycles. The lowest BCUT2D eigenvalue weighted by atomic mass is 10.1. The summed E-state index contributed by atoms with van der Waals surface area (Å²) in [7, 11) is 0. The average Bonchev–Trinajstić information content (AvgIpc) is 3.28. The minimum atomic E-state index is -0.929. The number of esters is 1. The zero-order valence-electron chi connectivity index (χ0n) is 24.5. The van der Waals surface area contributed by atoms with Crippen LogP contribution in [0, 0.1) is 0 Å². The molecule has 2 aliphatic heterocycles. The smallest absolute Gasteiger partial charge is 0.424 e. The Morgan fingerprint density at radius 1 is 0.949 bits per heavy atom. The molecule has 9 nitrogen and oxygen atoms in total. The molecule has 2 fully saturated rings. The summed E-state index contributed by atoms with van der Waals surface area (Å²) in [6, 6.07) is 3.84. The van der Waals surface area contributed by atoms with Crippen LogP contribution in [0.15, 0.2) is 16.6 Å². The topological polar surface area (TPSA) is 88.6 Å². The van der Waals surface area contributed by atoms with Gasteiger partial charge in [0, 0.05) is 30.1 Å². The summed E-state index contributed by atoms with van der Waals surface area (Å²) in [5.74, 6) is -0.650. The van der Waals surface area contributed by atoms with Crippen molar-refractivity contribution in [2.75, 3.05) is 37.7 Å². The number of hydrogen-bond acceptors (Lipinski definition) is 8. The number of carbonyl (C=O) groups excluding carboxylic acids is 3. The molecule has 3 rings (SSSR count). The molecule has 1 unspecified atom stereocenters. The maximum absolute atomic E-state index is 13.4. The van der Waals surface area contributed by atoms with Crippen molar-refractivity contribution in [3.8, 4) is 0 Å². The first-order chi connectivity index (χ1) is 18.2. The lowest BCUT2D eigenvalue weighted by Gasteiger charge is -2.32. The maximum Gasteiger partial charge on any atom is 0.424 e. The van der Waals surface area contributed by atoms with Gasteiger partial charge < -0.3 is 14.2 Å². The average molecular weight is 611 g/mol. The minimum Gasteiger partial charge on any atom is -0.462 e. The third kappa shape index (κ3) is 8.91. The molecule has 0 spiro atoms. The van der Waals surface area contributed by atoms with E-state index in [0.717, 1.165) is 43.1 Å². The van der Waals surface area contributed by atoms with E-state index in [0.29, 0.717) is 17.1 Å². The van der Waals surface area contributed by atoms with Gasteiger partial charge in [-0.2, -0.15) is 4.90 Å². The number of ether oxygens (including phenoxy) is 3. The molecule has 0 N–H and O–H groups in total. The Bertz CT molecular complexity index is 1010. The lowest BCUT2D eigenvalue weighted by Crippen LogP contribution is -2.44. The van der Waals surface area contributed by atoms with Crippen molar-refractivity contribution in [2.45, 2.75) is 97.9 Å². The van der Waals surface area contributed by atoms with E-state index in [4.69, 9.17) is 14.2 Å². The van der Waals surface area contributed by atoms with Crippen LogP contribution in [0.2, 0.25) is 0 Å². The van der Waals surface area contributed by atoms with Crippen molar-refractivity contribution in [1.29, 1.82) is 0 Å². The van der Waals surface area contributed by atoms with Crippen molar-refractivity contribution in [3.63, 3.8) is 0 Å². The fourth-order valence-corrected chi connectivity index (χ4v) is 5.42. The Morgan fingerprint density at radius 2 is 1.54 bits per heavy atom. The number of carbonyl (C=O) groups is 3. The molecular weight excluding hydrogens is 566 g/mol. The summed E-state index contributed by atoms with van der Waals surface area (Å²) >= 11 is 3.62. The lowest BCUT2D eigenvalue weighted by molar-refractivity contribution is 0.0430. The van der Waals surface area contributed by atoms with Gasteiger partial charge in [-0.15, -0.1) is 0 Å². The highest BCUT2D eigenvalue weighted by Gasteiger charge is 2.36. The van der Waals surface area contributed by atoms with Crippen molar-refractivity contribution >= 4 is 39.8 Å². The molecule has 1 atom stereocenters. The molecule has 0 aliphatic carbocycles. The van der Waals surface area contributed by atoms with E-state index in [1.54, 1.807) is 60.6 Å². The van der Waals surface area contributed by atoms with Crippen LogP contribution in [-0.2, 0) is 20.8 Å². The van der Waals surface area contributed by atoms with Gasteiger partial charge in [0.15, 0.2) is 0 Å². The quantitative estimate of drug-likeness (QED) is 0.272. The second kappa shape index (κ2) is 13.0. The second-order valence-electron chi connectivity index (χ2n) is 12.3. The molecule has 0 aromatic heterocycles. The molecule has 0 radical (unpaired) electrons. The number of hydrogen-bond donors (Lipinski definition) is 0. The van der Waals surface area contributed by atoms with Gasteiger partial charge in [0.2, 0.25) is 0 Å². The maximum atomic E-state index is 13.4. The standard InChI is InChI=1S/C29H44BrN3O6/c1-8-37-25(34)22-17-23(30)20(18-31-15-12-21(19-31)32-13-10-9-11-14-32)16-24(22)33(26(35)38-28(2,3)4)27(36)39-29(5,6)7/h16-17,21H,8-15,18-19H2,1-7H3. The number of imide groups is 1. The monoisotopic (exact) mass is 609 g/mol. The Balaban J connectivity index is 1.99. The molecule has 39 heavy (non-hydrogen) atoms. The van der Waals surface area contributed by atoms with E-state index in [2.05, 4.69) is 25.7 Å². The third-order valence-electron chi connectivity index (χ3n) is 6.60. The largest absolute Gasteiger partial charge is 0.462 e. The van der Waals surface area contributed by atoms with Gasteiger partial charge in [-0.1, -0.05) is 22.4 Å². The van der Waals surface area contributed by atoms with Crippen LogP contribution in [-0.4, -0.2) is 78.0 Å². The number of anilines is 1. The molecular formula is C29H44BrN3O6. The van der Waals surface area contributed by atoms with Gasteiger partial charge in [-0.05, 0) is 98.5 Å². The number of likely N-dealkylation sites (tertiary alicyclic amines) is 2. The van der Waals surface area contributed by atoms with E-state index < -0.39 is 29.4 Å². The highest BCUT2D eigenvalue weighted by Crippen LogP contribution is 2.33. The molecule has 0 bridgehead atoms. The number of nitrogens with zero attached hydrogens (tertiary/aromatic N) is 3. The van der Waals surface area contributed by atoms with Gasteiger partial charge in [0.1, 0.15) is 11.2 Å². The van der Waals surface area contributed by atoms with Crippen LogP contribution in [0.1, 0.15) is 90.1 Å². The van der Waals surface area contributed by atoms with Crippen molar-refractivity contribution in [1.82, 2.24) is 9.80 Å². The zero-order chi connectivity index (χ0) is 29.0. The van der Waals surface area contributed by atoms with E-state index in [1.807, 2.05) is 0 Å². The molecule has 1 aromatic carbocycles. The Labute approximate surface area is 241 Å². The van der Waals surface area contributed by atoms with Gasteiger partial charge in [-0.25, -0.2) is 14.4 Å². The van der Waals surface area contributed by atoms with E-state index in [1.165, 1.54) is 19.3 Å². The second-order valence-corrected chi connectivity index (χ2v) is 13.1. The number of rotatable bonds is 6. The molecule has 1 aromatic rings. The summed E-state index contributed by atoms with van der Waals surface area (Å²) in [6.45, 7) is 16.9. The zero-order valence-corrected chi connectivity index (χ0v) is 26.1. The predicted octanol–water partition coefficient (Wildman–Crippen LogP) is 6.36. The number of benzene rings is 1. The SMILES string of the molecule is CCOC(=O)c1cc(Br)c(CN2CCC(N3CCCCC3)C2)cc1N(C(=O)OC(C)(C)C)C(=O)OC(C)(C)C. The molecule has 2 heterocycles. The van der Waals surface area contributed by atoms with Crippen LogP contribution in [0.4, 0.5) is 15.3 Å². The highest BCUT2D eigenvalue weighted by atomic mass is 79.9. The van der Waals surface area contributed by atoms with Crippen LogP contribution >= 0.6 is 15.9 Å². The normalized spacial score (nSPS) is 19.0. The van der Waals surface area contributed by atoms with Crippen LogP contribution in [0.25, 0.3) is 0 Å². The molecule has 10 heteroatoms. The fourth-order valence-electron chi connectivity index (χ4n) is 4.95. The number of piperidine rings is 1. The van der Waals surface area contributed by atoms with Crippen molar-refractivity contribution in [3.05, 3.63) is 27.7 Å². The minimum absolute atomic E-state index is 0.0665. The van der Waals surface area contributed by atoms with Gasteiger partial charge in [-0.3, -0.25) is 9.80 Å². The first-order valence-corrected chi connectivity index (χ1v) is 14.7. The van der Waals surface area contributed by atoms with E-state index in [-0.39, 0.29) is 17.9 Å². The third-order valence-corrected chi connectivity index (χ3v) is 7.34. The summed E-state index contributed by atoms with van der Waals surface area (Å²) in [5.41, 5.74) is -0.773.